The molecule has 7 heteroatoms. The lowest BCUT2D eigenvalue weighted by Crippen LogP contribution is -2.38. The summed E-state index contributed by atoms with van der Waals surface area (Å²) in [6.07, 6.45) is 1.32. The Bertz CT molecular complexity index is 808. The van der Waals surface area contributed by atoms with E-state index in [0.29, 0.717) is 17.4 Å². The van der Waals surface area contributed by atoms with Gasteiger partial charge in [0.05, 0.1) is 0 Å². The molecule has 0 aliphatic carbocycles. The molecule has 2 heterocycles. The van der Waals surface area contributed by atoms with E-state index >= 15 is 0 Å². The molecular weight excluding hydrogens is 372 g/mol. The Labute approximate surface area is 170 Å². The Balaban J connectivity index is 1.49. The maximum absolute atomic E-state index is 12.2. The van der Waals surface area contributed by atoms with Gasteiger partial charge < -0.3 is 10.6 Å². The summed E-state index contributed by atoms with van der Waals surface area (Å²) < 4.78 is 0. The Hall–Kier alpha value is -2.25. The number of anilines is 1. The van der Waals surface area contributed by atoms with Crippen LogP contribution >= 0.6 is 11.3 Å². The monoisotopic (exact) mass is 400 g/mol. The summed E-state index contributed by atoms with van der Waals surface area (Å²) in [4.78, 5) is 29.9. The number of hydrogen-bond donors (Lipinski definition) is 2. The van der Waals surface area contributed by atoms with Crippen LogP contribution in [-0.2, 0) is 17.9 Å². The molecule has 0 spiro atoms. The molecule has 0 bridgehead atoms. The molecule has 1 aliphatic rings. The van der Waals surface area contributed by atoms with E-state index in [4.69, 9.17) is 0 Å². The Kier molecular flexibility index (Phi) is 6.80. The summed E-state index contributed by atoms with van der Waals surface area (Å²) >= 11 is 1.24. The average Bonchev–Trinajstić information content (AvgIpc) is 3.08. The van der Waals surface area contributed by atoms with Crippen molar-refractivity contribution in [2.24, 2.45) is 11.8 Å². The number of amides is 2. The molecule has 150 valence electrons. The molecule has 0 unspecified atom stereocenters. The zero-order valence-electron chi connectivity index (χ0n) is 16.7. The summed E-state index contributed by atoms with van der Waals surface area (Å²) in [5.74, 6) is 1.08. The fourth-order valence-electron chi connectivity index (χ4n) is 3.80. The van der Waals surface area contributed by atoms with Crippen LogP contribution in [0.2, 0.25) is 0 Å². The molecule has 1 fully saturated rings. The van der Waals surface area contributed by atoms with E-state index in [0.717, 1.165) is 37.0 Å². The number of hydrogen-bond acceptors (Lipinski definition) is 5. The fraction of sp³-hybridized carbons (Fsp3) is 0.476. The van der Waals surface area contributed by atoms with Crippen LogP contribution < -0.4 is 10.6 Å². The highest BCUT2D eigenvalue weighted by atomic mass is 32.1. The average molecular weight is 401 g/mol. The summed E-state index contributed by atoms with van der Waals surface area (Å²) in [6, 6.07) is 8.42. The highest BCUT2D eigenvalue weighted by Crippen LogP contribution is 2.22. The first-order valence-corrected chi connectivity index (χ1v) is 10.6. The van der Waals surface area contributed by atoms with Gasteiger partial charge in [-0.15, -0.1) is 11.3 Å². The second kappa shape index (κ2) is 9.30. The first-order valence-electron chi connectivity index (χ1n) is 9.70. The molecule has 2 atom stereocenters. The molecule has 1 saturated heterocycles. The van der Waals surface area contributed by atoms with Gasteiger partial charge in [0.1, 0.15) is 5.69 Å². The number of piperidine rings is 1. The molecule has 2 amide bonds. The molecule has 1 aromatic carbocycles. The number of carbonyl (C=O) groups excluding carboxylic acids is 2. The summed E-state index contributed by atoms with van der Waals surface area (Å²) in [7, 11) is 0. The third-order valence-corrected chi connectivity index (χ3v) is 5.60. The van der Waals surface area contributed by atoms with E-state index in [-0.39, 0.29) is 11.8 Å². The van der Waals surface area contributed by atoms with Gasteiger partial charge in [-0.05, 0) is 29.4 Å². The molecule has 2 N–H and O–H groups in total. The third kappa shape index (κ3) is 5.87. The lowest BCUT2D eigenvalue weighted by Gasteiger charge is -2.35. The summed E-state index contributed by atoms with van der Waals surface area (Å²) in [5, 5.41) is 7.54. The lowest BCUT2D eigenvalue weighted by molar-refractivity contribution is -0.114. The number of carbonyl (C=O) groups is 2. The first-order chi connectivity index (χ1) is 13.4. The van der Waals surface area contributed by atoms with Gasteiger partial charge >= 0.3 is 0 Å². The van der Waals surface area contributed by atoms with Crippen LogP contribution in [0.15, 0.2) is 29.6 Å². The van der Waals surface area contributed by atoms with Gasteiger partial charge in [-0.2, -0.15) is 0 Å². The van der Waals surface area contributed by atoms with Crippen LogP contribution in [-0.4, -0.2) is 34.8 Å². The highest BCUT2D eigenvalue weighted by Gasteiger charge is 2.21. The fourth-order valence-corrected chi connectivity index (χ4v) is 4.54. The number of aromatic nitrogens is 1. The second-order valence-corrected chi connectivity index (χ2v) is 8.72. The van der Waals surface area contributed by atoms with Gasteiger partial charge in [0.2, 0.25) is 5.91 Å². The van der Waals surface area contributed by atoms with Gasteiger partial charge in [-0.3, -0.25) is 14.5 Å². The standard InChI is InChI=1S/C21H28N4O2S/c1-14-8-15(2)11-25(10-14)12-18-6-4-17(5-7-18)9-22-20(27)19-13-28-21(24-19)23-16(3)26/h4-7,13-15H,8-12H2,1-3H3,(H,22,27)(H,23,24,26)/t14-,15-/m1/s1. The van der Waals surface area contributed by atoms with E-state index in [1.54, 1.807) is 5.38 Å². The predicted octanol–water partition coefficient (Wildman–Crippen LogP) is 3.51. The third-order valence-electron chi connectivity index (χ3n) is 4.85. The molecule has 1 aromatic heterocycles. The van der Waals surface area contributed by atoms with Crippen molar-refractivity contribution < 1.29 is 9.59 Å². The van der Waals surface area contributed by atoms with Crippen molar-refractivity contribution in [1.82, 2.24) is 15.2 Å². The van der Waals surface area contributed by atoms with Crippen LogP contribution in [0.4, 0.5) is 5.13 Å². The molecule has 1 aliphatic heterocycles. The summed E-state index contributed by atoms with van der Waals surface area (Å²) in [6.45, 7) is 9.82. The van der Waals surface area contributed by atoms with Crippen molar-refractivity contribution in [2.75, 3.05) is 18.4 Å². The largest absolute Gasteiger partial charge is 0.347 e. The maximum Gasteiger partial charge on any atom is 0.271 e. The quantitative estimate of drug-likeness (QED) is 0.778. The second-order valence-electron chi connectivity index (χ2n) is 7.86. The minimum Gasteiger partial charge on any atom is -0.347 e. The van der Waals surface area contributed by atoms with Crippen molar-refractivity contribution in [3.8, 4) is 0 Å². The predicted molar refractivity (Wildman–Crippen MR) is 112 cm³/mol. The molecule has 28 heavy (non-hydrogen) atoms. The number of nitrogens with one attached hydrogen (secondary N) is 2. The van der Waals surface area contributed by atoms with Crippen LogP contribution in [0.3, 0.4) is 0 Å². The van der Waals surface area contributed by atoms with Gasteiger partial charge in [0.15, 0.2) is 5.13 Å². The van der Waals surface area contributed by atoms with E-state index < -0.39 is 0 Å². The van der Waals surface area contributed by atoms with Crippen molar-refractivity contribution >= 4 is 28.3 Å². The van der Waals surface area contributed by atoms with E-state index in [2.05, 4.69) is 58.6 Å². The molecule has 6 nitrogen and oxygen atoms in total. The molecule has 3 rings (SSSR count). The van der Waals surface area contributed by atoms with E-state index in [9.17, 15) is 9.59 Å². The lowest BCUT2D eigenvalue weighted by atomic mass is 9.91. The topological polar surface area (TPSA) is 74.3 Å². The van der Waals surface area contributed by atoms with E-state index in [1.165, 1.54) is 30.2 Å². The van der Waals surface area contributed by atoms with Crippen LogP contribution in [0.5, 0.6) is 0 Å². The van der Waals surface area contributed by atoms with Crippen molar-refractivity contribution in [3.63, 3.8) is 0 Å². The SMILES string of the molecule is CC(=O)Nc1nc(C(=O)NCc2ccc(CN3C[C@H](C)C[C@@H](C)C3)cc2)cs1. The number of thiazole rings is 1. The number of rotatable bonds is 6. The van der Waals surface area contributed by atoms with Gasteiger partial charge in [0.25, 0.3) is 5.91 Å². The minimum absolute atomic E-state index is 0.199. The Morgan fingerprint density at radius 3 is 2.43 bits per heavy atom. The highest BCUT2D eigenvalue weighted by molar-refractivity contribution is 7.14. The summed E-state index contributed by atoms with van der Waals surface area (Å²) in [5.41, 5.74) is 2.67. The van der Waals surface area contributed by atoms with Gasteiger partial charge in [0, 0.05) is 38.5 Å². The maximum atomic E-state index is 12.2. The molecule has 2 aromatic rings. The number of nitrogens with zero attached hydrogens (tertiary/aromatic N) is 2. The Morgan fingerprint density at radius 1 is 1.14 bits per heavy atom. The van der Waals surface area contributed by atoms with Crippen LogP contribution in [0, 0.1) is 11.8 Å². The van der Waals surface area contributed by atoms with Crippen molar-refractivity contribution in [1.29, 1.82) is 0 Å². The normalized spacial score (nSPS) is 20.0. The number of benzene rings is 1. The smallest absolute Gasteiger partial charge is 0.271 e. The molecular formula is C21H28N4O2S. The minimum atomic E-state index is -0.242. The van der Waals surface area contributed by atoms with Crippen molar-refractivity contribution in [3.05, 3.63) is 46.5 Å². The zero-order valence-corrected chi connectivity index (χ0v) is 17.5. The number of likely N-dealkylation sites (tertiary alicyclic amines) is 1. The first kappa shape index (κ1) is 20.5. The van der Waals surface area contributed by atoms with Gasteiger partial charge in [-0.1, -0.05) is 38.1 Å². The van der Waals surface area contributed by atoms with Crippen LogP contribution in [0.25, 0.3) is 0 Å². The molecule has 0 radical (unpaired) electrons. The van der Waals surface area contributed by atoms with E-state index in [1.807, 2.05) is 0 Å². The van der Waals surface area contributed by atoms with Crippen molar-refractivity contribution in [2.45, 2.75) is 40.3 Å². The van der Waals surface area contributed by atoms with Crippen LogP contribution in [0.1, 0.15) is 48.8 Å². The zero-order chi connectivity index (χ0) is 20.1. The Morgan fingerprint density at radius 2 is 1.79 bits per heavy atom. The molecule has 0 saturated carbocycles. The van der Waals surface area contributed by atoms with Gasteiger partial charge in [-0.25, -0.2) is 4.98 Å².